The maximum absolute atomic E-state index is 12.5. The number of piperidine rings is 1. The van der Waals surface area contributed by atoms with E-state index in [4.69, 9.17) is 9.73 Å². The second-order valence-corrected chi connectivity index (χ2v) is 7.15. The van der Waals surface area contributed by atoms with Gasteiger partial charge < -0.3 is 4.74 Å². The van der Waals surface area contributed by atoms with Gasteiger partial charge in [-0.3, -0.25) is 15.1 Å². The predicted octanol–water partition coefficient (Wildman–Crippen LogP) is 1.71. The van der Waals surface area contributed by atoms with E-state index in [1.807, 2.05) is 31.4 Å². The number of carbonyl (C=O) groups excluding carboxylic acids is 1. The summed E-state index contributed by atoms with van der Waals surface area (Å²) in [5.74, 6) is 0.0331. The Morgan fingerprint density at radius 2 is 2.19 bits per heavy atom. The number of ether oxygens (including phenoxy) is 1. The highest BCUT2D eigenvalue weighted by molar-refractivity contribution is 8.13. The first-order valence-electron chi connectivity index (χ1n) is 8.69. The molecular weight excluding hydrogens is 350 g/mol. The zero-order valence-electron chi connectivity index (χ0n) is 14.8. The van der Waals surface area contributed by atoms with Crippen molar-refractivity contribution in [1.29, 1.82) is 0 Å². The van der Waals surface area contributed by atoms with Crippen molar-refractivity contribution in [3.05, 3.63) is 35.9 Å². The van der Waals surface area contributed by atoms with Crippen LogP contribution in [-0.2, 0) is 16.1 Å². The number of carbonyl (C=O) groups is 1. The molecule has 0 bridgehead atoms. The van der Waals surface area contributed by atoms with Crippen LogP contribution in [0.1, 0.15) is 12.5 Å². The second-order valence-electron chi connectivity index (χ2n) is 6.37. The van der Waals surface area contributed by atoms with Crippen molar-refractivity contribution in [3.8, 4) is 0 Å². The fourth-order valence-corrected chi connectivity index (χ4v) is 4.05. The fraction of sp³-hybridized carbons (Fsp3) is 0.444. The topological polar surface area (TPSA) is 78.6 Å². The molecule has 3 unspecified atom stereocenters. The van der Waals surface area contributed by atoms with Gasteiger partial charge >= 0.3 is 5.97 Å². The summed E-state index contributed by atoms with van der Waals surface area (Å²) in [4.78, 5) is 24.2. The van der Waals surface area contributed by atoms with Gasteiger partial charge in [0.15, 0.2) is 5.17 Å². The van der Waals surface area contributed by atoms with Crippen LogP contribution in [0.5, 0.6) is 0 Å². The number of rotatable bonds is 4. The summed E-state index contributed by atoms with van der Waals surface area (Å²) in [7, 11) is 0. The summed E-state index contributed by atoms with van der Waals surface area (Å²) in [6.45, 7) is 3.43. The number of hydrogen-bond donors (Lipinski definition) is 1. The lowest BCUT2D eigenvalue weighted by Crippen LogP contribution is -2.57. The first-order valence-corrected chi connectivity index (χ1v) is 9.92. The SMILES string of the molecule is CCOC(=O)C1CN(Cc2ccccc2)C2N=C(SC)N=C3NN=C1C32. The van der Waals surface area contributed by atoms with Crippen LogP contribution in [-0.4, -0.2) is 53.2 Å². The largest absolute Gasteiger partial charge is 0.465 e. The normalized spacial score (nSPS) is 27.0. The molecule has 8 heteroatoms. The smallest absolute Gasteiger partial charge is 0.316 e. The van der Waals surface area contributed by atoms with E-state index in [-0.39, 0.29) is 18.1 Å². The molecule has 0 spiro atoms. The van der Waals surface area contributed by atoms with E-state index in [1.165, 1.54) is 17.3 Å². The number of nitrogens with one attached hydrogen (secondary N) is 1. The van der Waals surface area contributed by atoms with Gasteiger partial charge in [-0.25, -0.2) is 9.98 Å². The summed E-state index contributed by atoms with van der Waals surface area (Å²) in [5.41, 5.74) is 4.99. The van der Waals surface area contributed by atoms with Crippen LogP contribution >= 0.6 is 11.8 Å². The number of amidine groups is 2. The number of nitrogens with zero attached hydrogens (tertiary/aromatic N) is 4. The molecule has 4 rings (SSSR count). The Kier molecular flexibility index (Phi) is 4.78. The molecule has 0 aromatic heterocycles. The number of aliphatic imine (C=N–C) groups is 2. The summed E-state index contributed by atoms with van der Waals surface area (Å²) >= 11 is 1.52. The Morgan fingerprint density at radius 3 is 2.92 bits per heavy atom. The van der Waals surface area contributed by atoms with E-state index in [9.17, 15) is 4.79 Å². The molecule has 1 N–H and O–H groups in total. The zero-order valence-corrected chi connectivity index (χ0v) is 15.6. The van der Waals surface area contributed by atoms with Crippen molar-refractivity contribution in [2.24, 2.45) is 26.9 Å². The van der Waals surface area contributed by atoms with Crippen molar-refractivity contribution in [2.45, 2.75) is 19.6 Å². The van der Waals surface area contributed by atoms with E-state index >= 15 is 0 Å². The molecule has 0 aliphatic carbocycles. The van der Waals surface area contributed by atoms with Crippen LogP contribution in [0.15, 0.2) is 45.4 Å². The second kappa shape index (κ2) is 7.20. The number of hydrazone groups is 1. The molecule has 3 atom stereocenters. The minimum Gasteiger partial charge on any atom is -0.465 e. The van der Waals surface area contributed by atoms with Crippen molar-refractivity contribution in [1.82, 2.24) is 10.3 Å². The number of thioether (sulfide) groups is 1. The third-order valence-electron chi connectivity index (χ3n) is 4.80. The van der Waals surface area contributed by atoms with E-state index in [1.54, 1.807) is 0 Å². The van der Waals surface area contributed by atoms with E-state index in [2.05, 4.69) is 32.6 Å². The van der Waals surface area contributed by atoms with E-state index in [0.717, 1.165) is 16.7 Å². The van der Waals surface area contributed by atoms with Crippen LogP contribution < -0.4 is 5.43 Å². The van der Waals surface area contributed by atoms with E-state index < -0.39 is 5.92 Å². The Balaban J connectivity index is 1.68. The van der Waals surface area contributed by atoms with Gasteiger partial charge in [0.05, 0.1) is 18.2 Å². The molecule has 0 radical (unpaired) electrons. The minimum absolute atomic E-state index is 0.107. The highest BCUT2D eigenvalue weighted by Gasteiger charge is 2.50. The predicted molar refractivity (Wildman–Crippen MR) is 103 cm³/mol. The van der Waals surface area contributed by atoms with E-state index in [0.29, 0.717) is 19.7 Å². The maximum Gasteiger partial charge on any atom is 0.316 e. The number of esters is 1. The van der Waals surface area contributed by atoms with Crippen molar-refractivity contribution in [2.75, 3.05) is 19.4 Å². The van der Waals surface area contributed by atoms with Gasteiger partial charge in [-0.05, 0) is 18.7 Å². The van der Waals surface area contributed by atoms with Crippen LogP contribution in [0.4, 0.5) is 0 Å². The standard InChI is InChI=1S/C18H21N5O2S/c1-3-25-17(24)12-10-23(9-11-7-5-4-6-8-11)16-13-14(12)21-22-15(13)19-18(20-16)26-2/h4-8,12-13,16H,3,9-10H2,1-2H3,(H,19,20,22). The lowest BCUT2D eigenvalue weighted by Gasteiger charge is -2.41. The summed E-state index contributed by atoms with van der Waals surface area (Å²) < 4.78 is 5.30. The van der Waals surface area contributed by atoms with Crippen molar-refractivity contribution in [3.63, 3.8) is 0 Å². The van der Waals surface area contributed by atoms with Crippen LogP contribution in [0.2, 0.25) is 0 Å². The third kappa shape index (κ3) is 3.03. The summed E-state index contributed by atoms with van der Waals surface area (Å²) in [6.07, 6.45) is 1.86. The Labute approximate surface area is 156 Å². The average Bonchev–Trinajstić information content (AvgIpc) is 3.09. The third-order valence-corrected chi connectivity index (χ3v) is 5.36. The lowest BCUT2D eigenvalue weighted by atomic mass is 9.83. The van der Waals surface area contributed by atoms with Crippen LogP contribution in [0.25, 0.3) is 0 Å². The maximum atomic E-state index is 12.5. The molecule has 0 saturated carbocycles. The first-order chi connectivity index (χ1) is 12.7. The first kappa shape index (κ1) is 17.2. The quantitative estimate of drug-likeness (QED) is 0.816. The highest BCUT2D eigenvalue weighted by Crippen LogP contribution is 2.34. The molecule has 7 nitrogen and oxygen atoms in total. The molecule has 3 aliphatic heterocycles. The molecule has 3 aliphatic rings. The molecule has 3 heterocycles. The Morgan fingerprint density at radius 1 is 1.38 bits per heavy atom. The van der Waals surface area contributed by atoms with Gasteiger partial charge in [0.25, 0.3) is 0 Å². The molecule has 1 aromatic carbocycles. The molecule has 136 valence electrons. The summed E-state index contributed by atoms with van der Waals surface area (Å²) in [5, 5.41) is 5.16. The minimum atomic E-state index is -0.397. The zero-order chi connectivity index (χ0) is 18.1. The van der Waals surface area contributed by atoms with Crippen LogP contribution in [0.3, 0.4) is 0 Å². The molecule has 1 aromatic rings. The average molecular weight is 371 g/mol. The molecule has 26 heavy (non-hydrogen) atoms. The van der Waals surface area contributed by atoms with Crippen LogP contribution in [0, 0.1) is 11.8 Å². The monoisotopic (exact) mass is 371 g/mol. The summed E-state index contributed by atoms with van der Waals surface area (Å²) in [6, 6.07) is 10.2. The van der Waals surface area contributed by atoms with Crippen molar-refractivity contribution >= 4 is 34.4 Å². The van der Waals surface area contributed by atoms with Crippen molar-refractivity contribution < 1.29 is 9.53 Å². The molecule has 0 amide bonds. The van der Waals surface area contributed by atoms with Gasteiger partial charge in [0.1, 0.15) is 17.9 Å². The van der Waals surface area contributed by atoms with Gasteiger partial charge in [-0.1, -0.05) is 42.1 Å². The van der Waals surface area contributed by atoms with Gasteiger partial charge in [-0.15, -0.1) is 0 Å². The number of benzene rings is 1. The Hall–Kier alpha value is -2.19. The molecule has 1 fully saturated rings. The fourth-order valence-electron chi connectivity index (χ4n) is 3.64. The van der Waals surface area contributed by atoms with Gasteiger partial charge in [-0.2, -0.15) is 5.10 Å². The Bertz CT molecular complexity index is 792. The van der Waals surface area contributed by atoms with Gasteiger partial charge in [0.2, 0.25) is 0 Å². The van der Waals surface area contributed by atoms with Gasteiger partial charge in [0, 0.05) is 13.1 Å². The number of likely N-dealkylation sites (tertiary alicyclic amines) is 1. The molecular formula is C18H21N5O2S. The highest BCUT2D eigenvalue weighted by atomic mass is 32.2. The lowest BCUT2D eigenvalue weighted by molar-refractivity contribution is -0.146. The number of hydrogen-bond acceptors (Lipinski definition) is 8. The molecule has 1 saturated heterocycles.